The summed E-state index contributed by atoms with van der Waals surface area (Å²) in [5.41, 5.74) is 2.75. The van der Waals surface area contributed by atoms with Crippen LogP contribution < -0.4 is 5.32 Å². The number of carbonyl (C=O) groups is 1. The minimum atomic E-state index is -0.312. The lowest BCUT2D eigenvalue weighted by Gasteiger charge is -2.26. The smallest absolute Gasteiger partial charge is 0.255 e. The van der Waals surface area contributed by atoms with Gasteiger partial charge in [0.05, 0.1) is 5.56 Å². The van der Waals surface area contributed by atoms with E-state index >= 15 is 0 Å². The number of likely N-dealkylation sites (tertiary alicyclic amines) is 1. The molecular formula is C22H27ClN2O2. The highest BCUT2D eigenvalue weighted by atomic mass is 35.5. The zero-order valence-corrected chi connectivity index (χ0v) is 16.3. The molecule has 1 saturated heterocycles. The van der Waals surface area contributed by atoms with E-state index in [9.17, 15) is 9.90 Å². The van der Waals surface area contributed by atoms with Crippen LogP contribution in [0.2, 0.25) is 5.02 Å². The van der Waals surface area contributed by atoms with Crippen molar-refractivity contribution in [2.45, 2.75) is 32.1 Å². The van der Waals surface area contributed by atoms with Gasteiger partial charge in [0.25, 0.3) is 5.91 Å². The predicted octanol–water partition coefficient (Wildman–Crippen LogP) is 4.05. The molecule has 0 spiro atoms. The van der Waals surface area contributed by atoms with Crippen LogP contribution >= 0.6 is 11.6 Å². The summed E-state index contributed by atoms with van der Waals surface area (Å²) in [5, 5.41) is 13.0. The molecule has 1 heterocycles. The number of aromatic hydroxyl groups is 1. The minimum Gasteiger partial charge on any atom is -0.507 e. The Morgan fingerprint density at radius 2 is 1.67 bits per heavy atom. The lowest BCUT2D eigenvalue weighted by atomic mass is 10.1. The molecule has 27 heavy (non-hydrogen) atoms. The fourth-order valence-corrected chi connectivity index (χ4v) is 3.62. The van der Waals surface area contributed by atoms with Crippen LogP contribution in [0.25, 0.3) is 0 Å². The summed E-state index contributed by atoms with van der Waals surface area (Å²) < 4.78 is 0. The van der Waals surface area contributed by atoms with E-state index < -0.39 is 0 Å². The van der Waals surface area contributed by atoms with Crippen molar-refractivity contribution < 1.29 is 9.90 Å². The summed E-state index contributed by atoms with van der Waals surface area (Å²) in [7, 11) is 0. The van der Waals surface area contributed by atoms with Gasteiger partial charge in [-0.3, -0.25) is 4.79 Å². The van der Waals surface area contributed by atoms with Gasteiger partial charge in [0.15, 0.2) is 0 Å². The summed E-state index contributed by atoms with van der Waals surface area (Å²) >= 11 is 5.89. The van der Waals surface area contributed by atoms with Crippen molar-refractivity contribution in [3.63, 3.8) is 0 Å². The molecular weight excluding hydrogens is 360 g/mol. The third-order valence-corrected chi connectivity index (χ3v) is 5.33. The molecule has 2 aromatic rings. The van der Waals surface area contributed by atoms with Crippen LogP contribution in [0, 0.1) is 0 Å². The van der Waals surface area contributed by atoms with Crippen LogP contribution in [0.4, 0.5) is 0 Å². The largest absolute Gasteiger partial charge is 0.507 e. The minimum absolute atomic E-state index is 0.0602. The number of piperidine rings is 1. The average molecular weight is 387 g/mol. The molecule has 0 bridgehead atoms. The van der Waals surface area contributed by atoms with Gasteiger partial charge in [0.1, 0.15) is 5.75 Å². The number of amides is 1. The monoisotopic (exact) mass is 386 g/mol. The van der Waals surface area contributed by atoms with E-state index in [2.05, 4.69) is 34.5 Å². The first kappa shape index (κ1) is 19.7. The molecule has 0 aromatic heterocycles. The fraction of sp³-hybridized carbons (Fsp3) is 0.409. The second kappa shape index (κ2) is 9.77. The van der Waals surface area contributed by atoms with E-state index in [1.165, 1.54) is 55.6 Å². The van der Waals surface area contributed by atoms with Gasteiger partial charge in [-0.2, -0.15) is 0 Å². The third kappa shape index (κ3) is 5.98. The van der Waals surface area contributed by atoms with Crippen molar-refractivity contribution in [2.75, 3.05) is 26.2 Å². The molecule has 0 unspecified atom stereocenters. The Morgan fingerprint density at radius 1 is 1.00 bits per heavy atom. The Hall–Kier alpha value is -2.04. The van der Waals surface area contributed by atoms with Crippen molar-refractivity contribution in [3.8, 4) is 5.75 Å². The molecule has 1 amide bonds. The van der Waals surface area contributed by atoms with Gasteiger partial charge in [-0.05, 0) is 68.1 Å². The summed E-state index contributed by atoms with van der Waals surface area (Å²) in [6, 6.07) is 13.1. The molecule has 5 heteroatoms. The Morgan fingerprint density at radius 3 is 2.37 bits per heavy atom. The molecule has 0 radical (unpaired) electrons. The molecule has 2 N–H and O–H groups in total. The van der Waals surface area contributed by atoms with Gasteiger partial charge < -0.3 is 15.3 Å². The van der Waals surface area contributed by atoms with E-state index in [4.69, 9.17) is 11.6 Å². The molecule has 0 atom stereocenters. The zero-order chi connectivity index (χ0) is 19.1. The fourth-order valence-electron chi connectivity index (χ4n) is 3.45. The highest BCUT2D eigenvalue weighted by molar-refractivity contribution is 6.31. The highest BCUT2D eigenvalue weighted by Crippen LogP contribution is 2.21. The number of nitrogens with one attached hydrogen (secondary N) is 1. The van der Waals surface area contributed by atoms with E-state index in [1.54, 1.807) is 6.07 Å². The van der Waals surface area contributed by atoms with Gasteiger partial charge in [-0.15, -0.1) is 0 Å². The first-order valence-corrected chi connectivity index (χ1v) is 10.1. The predicted molar refractivity (Wildman–Crippen MR) is 110 cm³/mol. The lowest BCUT2D eigenvalue weighted by molar-refractivity contribution is 0.0951. The standard InChI is InChI=1S/C22H27ClN2O2/c23-19-8-9-21(26)20(16-19)22(27)24-12-10-17-4-6-18(7-5-17)11-15-25-13-2-1-3-14-25/h4-9,16,26H,1-3,10-15H2,(H,24,27). The number of phenolic OH excluding ortho intramolecular Hbond substituents is 1. The SMILES string of the molecule is O=C(NCCc1ccc(CCN2CCCCC2)cc1)c1cc(Cl)ccc1O. The molecule has 1 aliphatic heterocycles. The highest BCUT2D eigenvalue weighted by Gasteiger charge is 2.11. The molecule has 3 rings (SSSR count). The quantitative estimate of drug-likeness (QED) is 0.754. The van der Waals surface area contributed by atoms with Crippen LogP contribution in [0.3, 0.4) is 0 Å². The molecule has 4 nitrogen and oxygen atoms in total. The van der Waals surface area contributed by atoms with Crippen LogP contribution in [0.1, 0.15) is 40.7 Å². The maximum atomic E-state index is 12.2. The number of hydrogen-bond acceptors (Lipinski definition) is 3. The summed E-state index contributed by atoms with van der Waals surface area (Å²) in [6.45, 7) is 4.12. The first-order chi connectivity index (χ1) is 13.1. The zero-order valence-electron chi connectivity index (χ0n) is 15.6. The molecule has 2 aromatic carbocycles. The molecule has 0 aliphatic carbocycles. The van der Waals surface area contributed by atoms with E-state index in [-0.39, 0.29) is 17.2 Å². The number of phenols is 1. The van der Waals surface area contributed by atoms with Crippen LogP contribution in [-0.4, -0.2) is 42.1 Å². The maximum absolute atomic E-state index is 12.2. The Balaban J connectivity index is 1.43. The van der Waals surface area contributed by atoms with Crippen LogP contribution in [0.5, 0.6) is 5.75 Å². The van der Waals surface area contributed by atoms with Crippen LogP contribution in [-0.2, 0) is 12.8 Å². The molecule has 0 saturated carbocycles. The van der Waals surface area contributed by atoms with Gasteiger partial charge in [-0.25, -0.2) is 0 Å². The first-order valence-electron chi connectivity index (χ1n) is 9.69. The Labute approximate surface area is 166 Å². The number of carbonyl (C=O) groups excluding carboxylic acids is 1. The van der Waals surface area contributed by atoms with Gasteiger partial charge in [0.2, 0.25) is 0 Å². The molecule has 1 aliphatic rings. The summed E-state index contributed by atoms with van der Waals surface area (Å²) in [4.78, 5) is 14.7. The van der Waals surface area contributed by atoms with E-state index in [0.717, 1.165) is 19.4 Å². The van der Waals surface area contributed by atoms with Crippen molar-refractivity contribution in [2.24, 2.45) is 0 Å². The molecule has 144 valence electrons. The van der Waals surface area contributed by atoms with E-state index in [1.807, 2.05) is 0 Å². The van der Waals surface area contributed by atoms with Crippen molar-refractivity contribution in [3.05, 3.63) is 64.2 Å². The van der Waals surface area contributed by atoms with Crippen molar-refractivity contribution in [1.29, 1.82) is 0 Å². The number of halogens is 1. The summed E-state index contributed by atoms with van der Waals surface area (Å²) in [5.74, 6) is -0.372. The van der Waals surface area contributed by atoms with Gasteiger partial charge in [0, 0.05) is 18.1 Å². The maximum Gasteiger partial charge on any atom is 0.255 e. The second-order valence-electron chi connectivity index (χ2n) is 7.14. The number of nitrogens with zero attached hydrogens (tertiary/aromatic N) is 1. The normalized spacial score (nSPS) is 14.9. The van der Waals surface area contributed by atoms with Crippen molar-refractivity contribution in [1.82, 2.24) is 10.2 Å². The second-order valence-corrected chi connectivity index (χ2v) is 7.57. The van der Waals surface area contributed by atoms with Gasteiger partial charge in [-0.1, -0.05) is 42.3 Å². The number of rotatable bonds is 7. The Bertz CT molecular complexity index is 755. The van der Waals surface area contributed by atoms with Crippen molar-refractivity contribution >= 4 is 17.5 Å². The lowest BCUT2D eigenvalue weighted by Crippen LogP contribution is -2.31. The summed E-state index contributed by atoms with van der Waals surface area (Å²) in [6.07, 6.45) is 5.87. The molecule has 1 fully saturated rings. The van der Waals surface area contributed by atoms with Gasteiger partial charge >= 0.3 is 0 Å². The topological polar surface area (TPSA) is 52.6 Å². The number of benzene rings is 2. The Kier molecular flexibility index (Phi) is 7.13. The third-order valence-electron chi connectivity index (χ3n) is 5.09. The number of hydrogen-bond donors (Lipinski definition) is 2. The van der Waals surface area contributed by atoms with Crippen LogP contribution in [0.15, 0.2) is 42.5 Å². The van der Waals surface area contributed by atoms with E-state index in [0.29, 0.717) is 11.6 Å². The average Bonchev–Trinajstić information content (AvgIpc) is 2.70.